The highest BCUT2D eigenvalue weighted by molar-refractivity contribution is 6.04. The van der Waals surface area contributed by atoms with Crippen LogP contribution in [0.5, 0.6) is 0 Å². The molecule has 0 unspecified atom stereocenters. The first-order valence-corrected chi connectivity index (χ1v) is 8.52. The van der Waals surface area contributed by atoms with Crippen molar-refractivity contribution >= 4 is 17.4 Å². The molecule has 0 aliphatic heterocycles. The van der Waals surface area contributed by atoms with E-state index in [0.717, 1.165) is 25.2 Å². The van der Waals surface area contributed by atoms with Gasteiger partial charge in [0.25, 0.3) is 5.91 Å². The molecule has 0 saturated carbocycles. The van der Waals surface area contributed by atoms with Gasteiger partial charge in [-0.2, -0.15) is 0 Å². The number of pyridine rings is 1. The van der Waals surface area contributed by atoms with Crippen LogP contribution in [0, 0.1) is 5.82 Å². The molecule has 4 nitrogen and oxygen atoms in total. The Morgan fingerprint density at radius 1 is 0.962 bits per heavy atom. The van der Waals surface area contributed by atoms with Crippen molar-refractivity contribution in [2.24, 2.45) is 0 Å². The van der Waals surface area contributed by atoms with Crippen LogP contribution in [0.2, 0.25) is 0 Å². The van der Waals surface area contributed by atoms with Crippen LogP contribution in [0.3, 0.4) is 0 Å². The minimum absolute atomic E-state index is 0.00983. The standard InChI is InChI=1S/C21H20FN3O/c22-19-11-5-4-10-18(19)21(26)25-17-12-13-20(24-15-17)23-14-6-9-16-7-2-1-3-8-16/h1-5,7-8,10-13,15H,6,9,14H2,(H,23,24)(H,25,26). The SMILES string of the molecule is O=C(Nc1ccc(NCCCc2ccccc2)nc1)c1ccccc1F. The number of nitrogens with one attached hydrogen (secondary N) is 2. The summed E-state index contributed by atoms with van der Waals surface area (Å²) in [6.45, 7) is 0.808. The third kappa shape index (κ3) is 4.89. The molecule has 5 heteroatoms. The van der Waals surface area contributed by atoms with Gasteiger partial charge in [0.1, 0.15) is 11.6 Å². The molecule has 0 bridgehead atoms. The number of aryl methyl sites for hydroxylation is 1. The number of rotatable bonds is 7. The van der Waals surface area contributed by atoms with Gasteiger partial charge < -0.3 is 10.6 Å². The molecule has 2 aromatic carbocycles. The zero-order chi connectivity index (χ0) is 18.2. The second-order valence-electron chi connectivity index (χ2n) is 5.88. The van der Waals surface area contributed by atoms with Gasteiger partial charge in [-0.15, -0.1) is 0 Å². The number of carbonyl (C=O) groups excluding carboxylic acids is 1. The summed E-state index contributed by atoms with van der Waals surface area (Å²) in [5.74, 6) is -0.301. The van der Waals surface area contributed by atoms with Gasteiger partial charge >= 0.3 is 0 Å². The largest absolute Gasteiger partial charge is 0.370 e. The topological polar surface area (TPSA) is 54.0 Å². The molecular weight excluding hydrogens is 329 g/mol. The number of aromatic nitrogens is 1. The predicted molar refractivity (Wildman–Crippen MR) is 102 cm³/mol. The van der Waals surface area contributed by atoms with E-state index in [1.54, 1.807) is 30.5 Å². The van der Waals surface area contributed by atoms with Crippen LogP contribution in [0.15, 0.2) is 72.9 Å². The van der Waals surface area contributed by atoms with Crippen LogP contribution >= 0.6 is 0 Å². The average molecular weight is 349 g/mol. The summed E-state index contributed by atoms with van der Waals surface area (Å²) in [7, 11) is 0. The fourth-order valence-electron chi connectivity index (χ4n) is 2.57. The van der Waals surface area contributed by atoms with Gasteiger partial charge in [0.2, 0.25) is 0 Å². The maximum atomic E-state index is 13.6. The molecule has 0 fully saturated rings. The van der Waals surface area contributed by atoms with Gasteiger partial charge in [0, 0.05) is 6.54 Å². The molecular formula is C21H20FN3O. The molecule has 1 amide bonds. The van der Waals surface area contributed by atoms with Crippen molar-refractivity contribution in [3.05, 3.63) is 89.9 Å². The minimum atomic E-state index is -0.547. The molecule has 132 valence electrons. The first kappa shape index (κ1) is 17.6. The van der Waals surface area contributed by atoms with Gasteiger partial charge in [-0.05, 0) is 42.7 Å². The van der Waals surface area contributed by atoms with E-state index >= 15 is 0 Å². The van der Waals surface area contributed by atoms with Crippen LogP contribution in [-0.4, -0.2) is 17.4 Å². The van der Waals surface area contributed by atoms with Crippen molar-refractivity contribution in [2.45, 2.75) is 12.8 Å². The van der Waals surface area contributed by atoms with Crippen LogP contribution in [-0.2, 0) is 6.42 Å². The third-order valence-corrected chi connectivity index (χ3v) is 3.93. The summed E-state index contributed by atoms with van der Waals surface area (Å²) in [5.41, 5.74) is 1.84. The summed E-state index contributed by atoms with van der Waals surface area (Å²) >= 11 is 0. The second kappa shape index (κ2) is 8.76. The maximum absolute atomic E-state index is 13.6. The average Bonchev–Trinajstić information content (AvgIpc) is 2.67. The molecule has 0 aliphatic rings. The highest BCUT2D eigenvalue weighted by atomic mass is 19.1. The summed E-state index contributed by atoms with van der Waals surface area (Å²) in [6, 6.07) is 19.7. The van der Waals surface area contributed by atoms with Crippen molar-refractivity contribution < 1.29 is 9.18 Å². The van der Waals surface area contributed by atoms with E-state index in [-0.39, 0.29) is 5.56 Å². The van der Waals surface area contributed by atoms with Gasteiger partial charge in [-0.25, -0.2) is 9.37 Å². The van der Waals surface area contributed by atoms with Crippen LogP contribution in [0.1, 0.15) is 22.3 Å². The summed E-state index contributed by atoms with van der Waals surface area (Å²) in [4.78, 5) is 16.3. The van der Waals surface area contributed by atoms with Gasteiger partial charge in [0.15, 0.2) is 0 Å². The predicted octanol–water partition coefficient (Wildman–Crippen LogP) is 4.52. The van der Waals surface area contributed by atoms with E-state index in [2.05, 4.69) is 27.8 Å². The molecule has 0 spiro atoms. The molecule has 2 N–H and O–H groups in total. The van der Waals surface area contributed by atoms with E-state index in [9.17, 15) is 9.18 Å². The van der Waals surface area contributed by atoms with Crippen molar-refractivity contribution in [3.8, 4) is 0 Å². The zero-order valence-electron chi connectivity index (χ0n) is 14.3. The first-order valence-electron chi connectivity index (χ1n) is 8.52. The number of carbonyl (C=O) groups is 1. The van der Waals surface area contributed by atoms with E-state index < -0.39 is 11.7 Å². The maximum Gasteiger partial charge on any atom is 0.258 e. The van der Waals surface area contributed by atoms with Crippen molar-refractivity contribution in [1.29, 1.82) is 0 Å². The van der Waals surface area contributed by atoms with Crippen LogP contribution in [0.25, 0.3) is 0 Å². The minimum Gasteiger partial charge on any atom is -0.370 e. The number of benzene rings is 2. The normalized spacial score (nSPS) is 10.3. The van der Waals surface area contributed by atoms with Crippen LogP contribution < -0.4 is 10.6 Å². The Balaban J connectivity index is 1.47. The molecule has 26 heavy (non-hydrogen) atoms. The van der Waals surface area contributed by atoms with Gasteiger partial charge in [0.05, 0.1) is 17.4 Å². The Labute approximate surface area is 152 Å². The van der Waals surface area contributed by atoms with Crippen LogP contribution in [0.4, 0.5) is 15.9 Å². The highest BCUT2D eigenvalue weighted by Crippen LogP contribution is 2.13. The molecule has 3 aromatic rings. The molecule has 0 saturated heterocycles. The Bertz CT molecular complexity index is 851. The summed E-state index contributed by atoms with van der Waals surface area (Å²) < 4.78 is 13.6. The lowest BCUT2D eigenvalue weighted by Gasteiger charge is -2.08. The van der Waals surface area contributed by atoms with E-state index in [4.69, 9.17) is 0 Å². The molecule has 0 atom stereocenters. The third-order valence-electron chi connectivity index (χ3n) is 3.93. The lowest BCUT2D eigenvalue weighted by Crippen LogP contribution is -2.14. The Kier molecular flexibility index (Phi) is 5.93. The van der Waals surface area contributed by atoms with E-state index in [1.165, 1.54) is 17.7 Å². The fourth-order valence-corrected chi connectivity index (χ4v) is 2.57. The Morgan fingerprint density at radius 3 is 2.46 bits per heavy atom. The van der Waals surface area contributed by atoms with Gasteiger partial charge in [-0.3, -0.25) is 4.79 Å². The summed E-state index contributed by atoms with van der Waals surface area (Å²) in [5, 5.41) is 5.90. The Morgan fingerprint density at radius 2 is 1.73 bits per heavy atom. The quantitative estimate of drug-likeness (QED) is 0.617. The van der Waals surface area contributed by atoms with Crippen molar-refractivity contribution in [3.63, 3.8) is 0 Å². The van der Waals surface area contributed by atoms with Crippen molar-refractivity contribution in [2.75, 3.05) is 17.2 Å². The number of nitrogens with zero attached hydrogens (tertiary/aromatic N) is 1. The van der Waals surface area contributed by atoms with Gasteiger partial charge in [-0.1, -0.05) is 42.5 Å². The number of amides is 1. The lowest BCUT2D eigenvalue weighted by molar-refractivity contribution is 0.102. The number of anilines is 2. The monoisotopic (exact) mass is 349 g/mol. The fraction of sp³-hybridized carbons (Fsp3) is 0.143. The van der Waals surface area contributed by atoms with E-state index in [0.29, 0.717) is 5.69 Å². The van der Waals surface area contributed by atoms with E-state index in [1.807, 2.05) is 18.2 Å². The molecule has 0 aliphatic carbocycles. The first-order chi connectivity index (χ1) is 12.7. The number of hydrogen-bond donors (Lipinski definition) is 2. The molecule has 0 radical (unpaired) electrons. The smallest absolute Gasteiger partial charge is 0.258 e. The van der Waals surface area contributed by atoms with Crippen molar-refractivity contribution in [1.82, 2.24) is 4.98 Å². The number of hydrogen-bond acceptors (Lipinski definition) is 3. The molecule has 1 heterocycles. The summed E-state index contributed by atoms with van der Waals surface area (Å²) in [6.07, 6.45) is 3.56. The molecule has 3 rings (SSSR count). The highest BCUT2D eigenvalue weighted by Gasteiger charge is 2.10. The Hall–Kier alpha value is -3.21. The second-order valence-corrected chi connectivity index (χ2v) is 5.88. The number of halogens is 1. The zero-order valence-corrected chi connectivity index (χ0v) is 14.3. The molecule has 1 aromatic heterocycles. The lowest BCUT2D eigenvalue weighted by atomic mass is 10.1.